The Labute approximate surface area is 152 Å². The van der Waals surface area contributed by atoms with E-state index in [0.717, 1.165) is 55.7 Å². The highest BCUT2D eigenvalue weighted by Crippen LogP contribution is 2.29. The molecule has 0 fully saturated rings. The van der Waals surface area contributed by atoms with Gasteiger partial charge in [-0.25, -0.2) is 4.98 Å². The van der Waals surface area contributed by atoms with E-state index in [1.807, 2.05) is 18.3 Å². The second kappa shape index (κ2) is 10.4. The molecule has 0 aromatic carbocycles. The summed E-state index contributed by atoms with van der Waals surface area (Å²) in [5.74, 6) is 0.875. The fourth-order valence-electron chi connectivity index (χ4n) is 2.17. The Kier molecular flexibility index (Phi) is 8.21. The molecule has 2 rings (SSSR count). The molecule has 5 nitrogen and oxygen atoms in total. The molecule has 0 spiro atoms. The van der Waals surface area contributed by atoms with E-state index in [1.165, 1.54) is 9.75 Å². The topological polar surface area (TPSA) is 58.5 Å². The SMILES string of the molecule is CCNC(=NCCCOC)NCCc1ccc(-c2csc(C)n2)s1. The Morgan fingerprint density at radius 1 is 1.33 bits per heavy atom. The summed E-state index contributed by atoms with van der Waals surface area (Å²) in [5, 5.41) is 9.90. The van der Waals surface area contributed by atoms with Crippen LogP contribution in [-0.4, -0.2) is 44.3 Å². The van der Waals surface area contributed by atoms with Gasteiger partial charge in [0.05, 0.1) is 15.6 Å². The van der Waals surface area contributed by atoms with Gasteiger partial charge in [0, 0.05) is 43.6 Å². The van der Waals surface area contributed by atoms with Gasteiger partial charge in [0.1, 0.15) is 0 Å². The number of thiazole rings is 1. The van der Waals surface area contributed by atoms with Crippen LogP contribution >= 0.6 is 22.7 Å². The standard InChI is InChI=1S/C17H26N4OS2/c1-4-18-17(19-9-5-11-22-3)20-10-8-14-6-7-16(24-14)15-12-23-13(2)21-15/h6-7,12H,4-5,8-11H2,1-3H3,(H2,18,19,20). The fourth-order valence-corrected chi connectivity index (χ4v) is 3.83. The predicted octanol–water partition coefficient (Wildman–Crippen LogP) is 3.31. The highest BCUT2D eigenvalue weighted by Gasteiger charge is 2.06. The minimum absolute atomic E-state index is 0.747. The maximum atomic E-state index is 5.05. The summed E-state index contributed by atoms with van der Waals surface area (Å²) < 4.78 is 5.05. The van der Waals surface area contributed by atoms with E-state index in [-0.39, 0.29) is 0 Å². The van der Waals surface area contributed by atoms with Crippen molar-refractivity contribution in [1.29, 1.82) is 0 Å². The van der Waals surface area contributed by atoms with Crippen molar-refractivity contribution in [3.63, 3.8) is 0 Å². The number of nitrogens with one attached hydrogen (secondary N) is 2. The van der Waals surface area contributed by atoms with E-state index in [0.29, 0.717) is 0 Å². The van der Waals surface area contributed by atoms with Crippen molar-refractivity contribution in [2.24, 2.45) is 4.99 Å². The molecule has 0 aliphatic heterocycles. The third kappa shape index (κ3) is 6.22. The van der Waals surface area contributed by atoms with Crippen molar-refractivity contribution < 1.29 is 4.74 Å². The summed E-state index contributed by atoms with van der Waals surface area (Å²) in [6.45, 7) is 7.37. The van der Waals surface area contributed by atoms with Gasteiger partial charge in [-0.15, -0.1) is 22.7 Å². The predicted molar refractivity (Wildman–Crippen MR) is 104 cm³/mol. The minimum atomic E-state index is 0.747. The highest BCUT2D eigenvalue weighted by atomic mass is 32.1. The molecule has 0 radical (unpaired) electrons. The third-order valence-corrected chi connectivity index (χ3v) is 5.26. The summed E-state index contributed by atoms with van der Waals surface area (Å²) in [4.78, 5) is 11.7. The Morgan fingerprint density at radius 3 is 2.92 bits per heavy atom. The van der Waals surface area contributed by atoms with Crippen LogP contribution in [0.3, 0.4) is 0 Å². The zero-order chi connectivity index (χ0) is 17.2. The Morgan fingerprint density at radius 2 is 2.21 bits per heavy atom. The maximum absolute atomic E-state index is 5.05. The van der Waals surface area contributed by atoms with Crippen molar-refractivity contribution in [1.82, 2.24) is 15.6 Å². The van der Waals surface area contributed by atoms with Crippen LogP contribution in [0.25, 0.3) is 10.6 Å². The van der Waals surface area contributed by atoms with E-state index < -0.39 is 0 Å². The zero-order valence-electron chi connectivity index (χ0n) is 14.6. The molecule has 0 saturated heterocycles. The number of thiophene rings is 1. The molecule has 24 heavy (non-hydrogen) atoms. The number of guanidine groups is 1. The monoisotopic (exact) mass is 366 g/mol. The molecule has 0 aliphatic carbocycles. The number of hydrogen-bond acceptors (Lipinski definition) is 5. The lowest BCUT2D eigenvalue weighted by molar-refractivity contribution is 0.197. The smallest absolute Gasteiger partial charge is 0.191 e. The summed E-state index contributed by atoms with van der Waals surface area (Å²) in [6.07, 6.45) is 1.92. The lowest BCUT2D eigenvalue weighted by atomic mass is 10.3. The number of aliphatic imine (C=N–C) groups is 1. The molecule has 0 aliphatic rings. The number of aryl methyl sites for hydroxylation is 1. The van der Waals surface area contributed by atoms with Gasteiger partial charge in [0.25, 0.3) is 0 Å². The molecule has 2 heterocycles. The van der Waals surface area contributed by atoms with Crippen LogP contribution in [0.15, 0.2) is 22.5 Å². The molecule has 7 heteroatoms. The Bertz CT molecular complexity index is 636. The number of ether oxygens (including phenoxy) is 1. The molecule has 0 bridgehead atoms. The molecule has 0 amide bonds. The molecule has 2 aromatic rings. The van der Waals surface area contributed by atoms with Crippen LogP contribution in [0.4, 0.5) is 0 Å². The molecular weight excluding hydrogens is 340 g/mol. The van der Waals surface area contributed by atoms with E-state index in [1.54, 1.807) is 18.4 Å². The summed E-state index contributed by atoms with van der Waals surface area (Å²) in [6, 6.07) is 4.36. The number of hydrogen-bond donors (Lipinski definition) is 2. The van der Waals surface area contributed by atoms with Crippen LogP contribution in [-0.2, 0) is 11.2 Å². The van der Waals surface area contributed by atoms with Gasteiger partial charge in [-0.2, -0.15) is 0 Å². The maximum Gasteiger partial charge on any atom is 0.191 e. The average molecular weight is 367 g/mol. The third-order valence-electron chi connectivity index (χ3n) is 3.32. The van der Waals surface area contributed by atoms with Crippen molar-refractivity contribution in [3.05, 3.63) is 27.4 Å². The molecular formula is C17H26N4OS2. The Hall–Kier alpha value is -1.44. The van der Waals surface area contributed by atoms with Gasteiger partial charge >= 0.3 is 0 Å². The van der Waals surface area contributed by atoms with Crippen LogP contribution in [0.5, 0.6) is 0 Å². The molecule has 132 valence electrons. The van der Waals surface area contributed by atoms with Gasteiger partial charge in [-0.3, -0.25) is 4.99 Å². The first kappa shape index (κ1) is 18.9. The molecule has 0 unspecified atom stereocenters. The van der Waals surface area contributed by atoms with E-state index >= 15 is 0 Å². The number of rotatable bonds is 9. The van der Waals surface area contributed by atoms with Crippen molar-refractivity contribution >= 4 is 28.6 Å². The first-order valence-corrected chi connectivity index (χ1v) is 9.95. The first-order chi connectivity index (χ1) is 11.7. The van der Waals surface area contributed by atoms with E-state index in [2.05, 4.69) is 45.0 Å². The number of nitrogens with zero attached hydrogens (tertiary/aromatic N) is 2. The summed E-state index contributed by atoms with van der Waals surface area (Å²) >= 11 is 3.51. The lowest BCUT2D eigenvalue weighted by Gasteiger charge is -2.10. The number of methoxy groups -OCH3 is 1. The second-order valence-electron chi connectivity index (χ2n) is 5.30. The van der Waals surface area contributed by atoms with Gasteiger partial charge in [0.2, 0.25) is 0 Å². The van der Waals surface area contributed by atoms with Crippen LogP contribution < -0.4 is 10.6 Å². The Balaban J connectivity index is 1.80. The van der Waals surface area contributed by atoms with Crippen molar-refractivity contribution in [2.75, 3.05) is 33.4 Å². The normalized spacial score (nSPS) is 11.7. The molecule has 2 N–H and O–H groups in total. The van der Waals surface area contributed by atoms with Gasteiger partial charge in [0.15, 0.2) is 5.96 Å². The lowest BCUT2D eigenvalue weighted by Crippen LogP contribution is -2.38. The van der Waals surface area contributed by atoms with E-state index in [4.69, 9.17) is 4.74 Å². The van der Waals surface area contributed by atoms with Gasteiger partial charge < -0.3 is 15.4 Å². The average Bonchev–Trinajstić information content (AvgIpc) is 3.20. The van der Waals surface area contributed by atoms with E-state index in [9.17, 15) is 0 Å². The quantitative estimate of drug-likeness (QED) is 0.406. The summed E-state index contributed by atoms with van der Waals surface area (Å²) in [5.41, 5.74) is 1.09. The second-order valence-corrected chi connectivity index (χ2v) is 7.53. The molecule has 2 aromatic heterocycles. The van der Waals surface area contributed by atoms with Gasteiger partial charge in [-0.05, 0) is 38.8 Å². The minimum Gasteiger partial charge on any atom is -0.385 e. The van der Waals surface area contributed by atoms with Gasteiger partial charge in [-0.1, -0.05) is 0 Å². The fraction of sp³-hybridized carbons (Fsp3) is 0.529. The van der Waals surface area contributed by atoms with Crippen LogP contribution in [0, 0.1) is 6.92 Å². The molecule has 0 atom stereocenters. The highest BCUT2D eigenvalue weighted by molar-refractivity contribution is 7.16. The zero-order valence-corrected chi connectivity index (χ0v) is 16.2. The van der Waals surface area contributed by atoms with Crippen molar-refractivity contribution in [3.8, 4) is 10.6 Å². The molecule has 0 saturated carbocycles. The first-order valence-electron chi connectivity index (χ1n) is 8.25. The largest absolute Gasteiger partial charge is 0.385 e. The van der Waals surface area contributed by atoms with Crippen LogP contribution in [0.2, 0.25) is 0 Å². The number of aromatic nitrogens is 1. The van der Waals surface area contributed by atoms with Crippen molar-refractivity contribution in [2.45, 2.75) is 26.7 Å². The summed E-state index contributed by atoms with van der Waals surface area (Å²) in [7, 11) is 1.72. The van der Waals surface area contributed by atoms with Crippen LogP contribution in [0.1, 0.15) is 23.2 Å².